The van der Waals surface area contributed by atoms with Crippen molar-refractivity contribution in [1.29, 1.82) is 0 Å². The molecule has 2 heterocycles. The van der Waals surface area contributed by atoms with Crippen LogP contribution >= 0.6 is 11.3 Å². The van der Waals surface area contributed by atoms with Crippen LogP contribution in [0.2, 0.25) is 0 Å². The monoisotopic (exact) mass is 326 g/mol. The molecule has 6 nitrogen and oxygen atoms in total. The van der Waals surface area contributed by atoms with Gasteiger partial charge in [0.05, 0.1) is 17.3 Å². The van der Waals surface area contributed by atoms with Crippen molar-refractivity contribution >= 4 is 23.2 Å². The minimum atomic E-state index is -0.991. The maximum absolute atomic E-state index is 12.7. The summed E-state index contributed by atoms with van der Waals surface area (Å²) in [6, 6.07) is 0. The summed E-state index contributed by atoms with van der Waals surface area (Å²) in [6.45, 7) is 4.66. The fraction of sp³-hybridized carbons (Fsp3) is 0.667. The van der Waals surface area contributed by atoms with Gasteiger partial charge in [0.2, 0.25) is 0 Å². The number of likely N-dealkylation sites (tertiary alicyclic amines) is 1. The molecule has 1 aromatic heterocycles. The first kappa shape index (κ1) is 16.9. The number of nitrogens with zero attached hydrogens (tertiary/aromatic N) is 2. The Morgan fingerprint density at radius 1 is 1.50 bits per heavy atom. The SMILES string of the molecule is CCCc1nc(C)c(C(=O)N2CCC(COC)(C(=O)O)C2)s1. The number of amides is 1. The molecule has 1 aromatic rings. The van der Waals surface area contributed by atoms with Crippen molar-refractivity contribution in [3.63, 3.8) is 0 Å². The molecule has 2 rings (SSSR count). The van der Waals surface area contributed by atoms with Crippen molar-refractivity contribution in [2.24, 2.45) is 5.41 Å². The van der Waals surface area contributed by atoms with Gasteiger partial charge in [-0.15, -0.1) is 11.3 Å². The Morgan fingerprint density at radius 3 is 2.82 bits per heavy atom. The zero-order valence-corrected chi connectivity index (χ0v) is 14.0. The van der Waals surface area contributed by atoms with E-state index in [0.29, 0.717) is 17.8 Å². The van der Waals surface area contributed by atoms with E-state index in [1.165, 1.54) is 18.4 Å². The van der Waals surface area contributed by atoms with Gasteiger partial charge in [0.1, 0.15) is 10.3 Å². The van der Waals surface area contributed by atoms with Gasteiger partial charge in [0.25, 0.3) is 5.91 Å². The molecule has 0 saturated carbocycles. The zero-order valence-electron chi connectivity index (χ0n) is 13.2. The van der Waals surface area contributed by atoms with E-state index in [4.69, 9.17) is 4.74 Å². The van der Waals surface area contributed by atoms with Crippen LogP contribution in [0.15, 0.2) is 0 Å². The smallest absolute Gasteiger partial charge is 0.313 e. The van der Waals surface area contributed by atoms with Gasteiger partial charge in [-0.1, -0.05) is 6.92 Å². The predicted molar refractivity (Wildman–Crippen MR) is 83.3 cm³/mol. The van der Waals surface area contributed by atoms with Gasteiger partial charge < -0.3 is 14.7 Å². The normalized spacial score (nSPS) is 21.3. The number of hydrogen-bond acceptors (Lipinski definition) is 5. The largest absolute Gasteiger partial charge is 0.481 e. The number of thiazole rings is 1. The van der Waals surface area contributed by atoms with E-state index in [1.807, 2.05) is 6.92 Å². The molecular formula is C15H22N2O4S. The number of rotatable bonds is 6. The second-order valence-corrected chi connectivity index (χ2v) is 6.85. The first-order valence-corrected chi connectivity index (χ1v) is 8.23. The van der Waals surface area contributed by atoms with E-state index in [-0.39, 0.29) is 19.1 Å². The maximum Gasteiger partial charge on any atom is 0.313 e. The number of carbonyl (C=O) groups is 2. The lowest BCUT2D eigenvalue weighted by Gasteiger charge is -2.23. The van der Waals surface area contributed by atoms with E-state index in [0.717, 1.165) is 23.5 Å². The van der Waals surface area contributed by atoms with Crippen molar-refractivity contribution in [2.75, 3.05) is 26.8 Å². The summed E-state index contributed by atoms with van der Waals surface area (Å²) in [5.74, 6) is -1.02. The summed E-state index contributed by atoms with van der Waals surface area (Å²) < 4.78 is 5.06. The van der Waals surface area contributed by atoms with Crippen molar-refractivity contribution in [1.82, 2.24) is 9.88 Å². The van der Waals surface area contributed by atoms with Crippen LogP contribution < -0.4 is 0 Å². The van der Waals surface area contributed by atoms with Crippen molar-refractivity contribution in [2.45, 2.75) is 33.1 Å². The minimum absolute atomic E-state index is 0.114. The number of carboxylic acid groups (broad SMARTS) is 1. The third-order valence-corrected chi connectivity index (χ3v) is 5.22. The second-order valence-electron chi connectivity index (χ2n) is 5.77. The molecule has 0 spiro atoms. The van der Waals surface area contributed by atoms with Crippen LogP contribution in [0.5, 0.6) is 0 Å². The highest BCUT2D eigenvalue weighted by molar-refractivity contribution is 7.13. The Bertz CT molecular complexity index is 572. The Kier molecular flexibility index (Phi) is 5.18. The summed E-state index contributed by atoms with van der Waals surface area (Å²) in [7, 11) is 1.49. The average Bonchev–Trinajstić information content (AvgIpc) is 3.04. The Balaban J connectivity index is 2.16. The molecule has 0 aromatic carbocycles. The molecule has 1 fully saturated rings. The Labute approximate surface area is 134 Å². The fourth-order valence-electron chi connectivity index (χ4n) is 2.79. The molecule has 22 heavy (non-hydrogen) atoms. The molecular weight excluding hydrogens is 304 g/mol. The fourth-order valence-corrected chi connectivity index (χ4v) is 3.93. The summed E-state index contributed by atoms with van der Waals surface area (Å²) in [6.07, 6.45) is 2.27. The summed E-state index contributed by atoms with van der Waals surface area (Å²) >= 11 is 1.42. The lowest BCUT2D eigenvalue weighted by atomic mass is 9.88. The van der Waals surface area contributed by atoms with Crippen LogP contribution in [0.4, 0.5) is 0 Å². The third kappa shape index (κ3) is 3.15. The number of carbonyl (C=O) groups excluding carboxylic acids is 1. The molecule has 0 bridgehead atoms. The van der Waals surface area contributed by atoms with E-state index >= 15 is 0 Å². The molecule has 1 saturated heterocycles. The molecule has 1 unspecified atom stereocenters. The molecule has 0 aliphatic carbocycles. The summed E-state index contributed by atoms with van der Waals surface area (Å²) in [5.41, 5.74) is -0.257. The highest BCUT2D eigenvalue weighted by Gasteiger charge is 2.46. The first-order chi connectivity index (χ1) is 10.4. The number of ether oxygens (including phenoxy) is 1. The lowest BCUT2D eigenvalue weighted by Crippen LogP contribution is -2.40. The molecule has 7 heteroatoms. The lowest BCUT2D eigenvalue weighted by molar-refractivity contribution is -0.151. The van der Waals surface area contributed by atoms with Gasteiger partial charge in [0, 0.05) is 20.2 Å². The van der Waals surface area contributed by atoms with Crippen LogP contribution in [0, 0.1) is 12.3 Å². The van der Waals surface area contributed by atoms with Gasteiger partial charge in [-0.3, -0.25) is 9.59 Å². The van der Waals surface area contributed by atoms with Crippen LogP contribution in [0.3, 0.4) is 0 Å². The predicted octanol–water partition coefficient (Wildman–Crippen LogP) is 1.97. The van der Waals surface area contributed by atoms with Crippen molar-refractivity contribution in [3.8, 4) is 0 Å². The molecule has 1 N–H and O–H groups in total. The summed E-state index contributed by atoms with van der Waals surface area (Å²) in [4.78, 5) is 30.9. The molecule has 1 aliphatic rings. The molecule has 1 atom stereocenters. The molecule has 1 amide bonds. The quantitative estimate of drug-likeness (QED) is 0.864. The van der Waals surface area contributed by atoms with Crippen LogP contribution in [0.1, 0.15) is 40.1 Å². The average molecular weight is 326 g/mol. The molecule has 122 valence electrons. The van der Waals surface area contributed by atoms with E-state index in [1.54, 1.807) is 4.90 Å². The first-order valence-electron chi connectivity index (χ1n) is 7.41. The Morgan fingerprint density at radius 2 is 2.23 bits per heavy atom. The van der Waals surface area contributed by atoms with Crippen LogP contribution in [-0.2, 0) is 16.0 Å². The van der Waals surface area contributed by atoms with Crippen LogP contribution in [-0.4, -0.2) is 53.7 Å². The molecule has 0 radical (unpaired) electrons. The van der Waals surface area contributed by atoms with Gasteiger partial charge in [-0.2, -0.15) is 0 Å². The Hall–Kier alpha value is -1.47. The number of aliphatic carboxylic acids is 1. The highest BCUT2D eigenvalue weighted by atomic mass is 32.1. The van der Waals surface area contributed by atoms with Crippen molar-refractivity contribution < 1.29 is 19.4 Å². The van der Waals surface area contributed by atoms with Gasteiger partial charge in [0.15, 0.2) is 0 Å². The van der Waals surface area contributed by atoms with Crippen molar-refractivity contribution in [3.05, 3.63) is 15.6 Å². The van der Waals surface area contributed by atoms with E-state index in [2.05, 4.69) is 11.9 Å². The maximum atomic E-state index is 12.7. The summed E-state index contributed by atoms with van der Waals surface area (Å²) in [5, 5.41) is 10.4. The second kappa shape index (κ2) is 6.75. The van der Waals surface area contributed by atoms with Gasteiger partial charge >= 0.3 is 5.97 Å². The van der Waals surface area contributed by atoms with E-state index in [9.17, 15) is 14.7 Å². The minimum Gasteiger partial charge on any atom is -0.481 e. The van der Waals surface area contributed by atoms with Gasteiger partial charge in [-0.25, -0.2) is 4.98 Å². The van der Waals surface area contributed by atoms with Crippen LogP contribution in [0.25, 0.3) is 0 Å². The number of methoxy groups -OCH3 is 1. The number of aryl methyl sites for hydroxylation is 2. The molecule has 1 aliphatic heterocycles. The topological polar surface area (TPSA) is 79.7 Å². The highest BCUT2D eigenvalue weighted by Crippen LogP contribution is 2.33. The number of carboxylic acids is 1. The standard InChI is InChI=1S/C15H22N2O4S/c1-4-5-11-16-10(2)12(22-11)13(18)17-7-6-15(8-17,9-21-3)14(19)20/h4-9H2,1-3H3,(H,19,20). The van der Waals surface area contributed by atoms with E-state index < -0.39 is 11.4 Å². The third-order valence-electron chi connectivity index (χ3n) is 4.01. The number of aromatic nitrogens is 1. The number of hydrogen-bond donors (Lipinski definition) is 1. The zero-order chi connectivity index (χ0) is 16.3. The van der Waals surface area contributed by atoms with Gasteiger partial charge in [-0.05, 0) is 26.2 Å².